The summed E-state index contributed by atoms with van der Waals surface area (Å²) in [6, 6.07) is 8.38. The zero-order valence-corrected chi connectivity index (χ0v) is 13.1. The van der Waals surface area contributed by atoms with Crippen molar-refractivity contribution >= 4 is 0 Å². The van der Waals surface area contributed by atoms with Gasteiger partial charge in [0.15, 0.2) is 0 Å². The van der Waals surface area contributed by atoms with Crippen molar-refractivity contribution in [3.05, 3.63) is 29.8 Å². The fourth-order valence-corrected chi connectivity index (χ4v) is 1.83. The molecule has 19 heavy (non-hydrogen) atoms. The van der Waals surface area contributed by atoms with Crippen LogP contribution in [-0.4, -0.2) is 12.4 Å². The minimum atomic E-state index is -0.186. The molecule has 1 aromatic carbocycles. The van der Waals surface area contributed by atoms with E-state index < -0.39 is 0 Å². The minimum absolute atomic E-state index is 0.173. The van der Waals surface area contributed by atoms with Crippen molar-refractivity contribution in [3.63, 3.8) is 0 Å². The molecule has 0 radical (unpaired) electrons. The Labute approximate surface area is 118 Å². The van der Waals surface area contributed by atoms with E-state index in [4.69, 9.17) is 9.47 Å². The third-order valence-electron chi connectivity index (χ3n) is 3.26. The fraction of sp³-hybridized carbons (Fsp3) is 0.647. The van der Waals surface area contributed by atoms with Gasteiger partial charge in [0.05, 0.1) is 6.10 Å². The lowest BCUT2D eigenvalue weighted by Crippen LogP contribution is -2.29. The molecule has 2 unspecified atom stereocenters. The van der Waals surface area contributed by atoms with Gasteiger partial charge in [0.2, 0.25) is 6.29 Å². The quantitative estimate of drug-likeness (QED) is 0.646. The summed E-state index contributed by atoms with van der Waals surface area (Å²) in [6.07, 6.45) is 1.15. The molecular formula is C17H28O2. The summed E-state index contributed by atoms with van der Waals surface area (Å²) in [6.45, 7) is 12.7. The lowest BCUT2D eigenvalue weighted by Gasteiger charge is -2.25. The summed E-state index contributed by atoms with van der Waals surface area (Å²) in [7, 11) is 0. The second-order valence-electron chi connectivity index (χ2n) is 5.79. The predicted octanol–water partition coefficient (Wildman–Crippen LogP) is 4.99. The zero-order chi connectivity index (χ0) is 14.4. The van der Waals surface area contributed by atoms with Crippen LogP contribution in [0.4, 0.5) is 0 Å². The monoisotopic (exact) mass is 264 g/mol. The van der Waals surface area contributed by atoms with Crippen molar-refractivity contribution in [3.8, 4) is 5.75 Å². The Balaban J connectivity index is 2.69. The van der Waals surface area contributed by atoms with E-state index in [0.717, 1.165) is 12.2 Å². The molecule has 0 N–H and O–H groups in total. The maximum Gasteiger partial charge on any atom is 0.202 e. The fourth-order valence-electron chi connectivity index (χ4n) is 1.83. The van der Waals surface area contributed by atoms with Crippen LogP contribution < -0.4 is 4.74 Å². The molecule has 0 fully saturated rings. The summed E-state index contributed by atoms with van der Waals surface area (Å²) in [4.78, 5) is 0. The predicted molar refractivity (Wildman–Crippen MR) is 80.6 cm³/mol. The Morgan fingerprint density at radius 2 is 1.53 bits per heavy atom. The molecule has 0 aromatic heterocycles. The normalized spacial score (nSPS) is 14.7. The van der Waals surface area contributed by atoms with Crippen LogP contribution in [0.3, 0.4) is 0 Å². The van der Waals surface area contributed by atoms with Gasteiger partial charge in [-0.25, -0.2) is 0 Å². The molecule has 2 heteroatoms. The largest absolute Gasteiger partial charge is 0.465 e. The van der Waals surface area contributed by atoms with Crippen molar-refractivity contribution in [1.29, 1.82) is 0 Å². The van der Waals surface area contributed by atoms with Gasteiger partial charge in [-0.1, -0.05) is 39.8 Å². The number of hydrogen-bond acceptors (Lipinski definition) is 2. The van der Waals surface area contributed by atoms with Gasteiger partial charge in [0, 0.05) is 5.92 Å². The lowest BCUT2D eigenvalue weighted by molar-refractivity contribution is -0.132. The highest BCUT2D eigenvalue weighted by atomic mass is 16.7. The van der Waals surface area contributed by atoms with E-state index in [0.29, 0.717) is 11.8 Å². The van der Waals surface area contributed by atoms with E-state index in [1.165, 1.54) is 5.56 Å². The molecular weight excluding hydrogens is 236 g/mol. The van der Waals surface area contributed by atoms with Crippen LogP contribution in [0.5, 0.6) is 5.75 Å². The lowest BCUT2D eigenvalue weighted by atomic mass is 9.99. The highest BCUT2D eigenvalue weighted by Gasteiger charge is 2.17. The van der Waals surface area contributed by atoms with E-state index in [9.17, 15) is 0 Å². The molecule has 0 aliphatic carbocycles. The summed E-state index contributed by atoms with van der Waals surface area (Å²) < 4.78 is 11.7. The average Bonchev–Trinajstić information content (AvgIpc) is 2.37. The Bertz CT molecular complexity index is 354. The van der Waals surface area contributed by atoms with Gasteiger partial charge in [0.25, 0.3) is 0 Å². The van der Waals surface area contributed by atoms with Crippen molar-refractivity contribution < 1.29 is 9.47 Å². The van der Waals surface area contributed by atoms with Crippen LogP contribution in [0, 0.1) is 5.92 Å². The Morgan fingerprint density at radius 3 is 1.95 bits per heavy atom. The minimum Gasteiger partial charge on any atom is -0.465 e. The number of rotatable bonds is 7. The van der Waals surface area contributed by atoms with Crippen LogP contribution >= 0.6 is 0 Å². The molecule has 0 amide bonds. The SMILES string of the molecule is CCC(C)c1ccc(OC(OC(C)C)C(C)C)cc1. The summed E-state index contributed by atoms with van der Waals surface area (Å²) in [5.41, 5.74) is 1.36. The molecule has 2 nitrogen and oxygen atoms in total. The Morgan fingerprint density at radius 1 is 0.947 bits per heavy atom. The molecule has 0 saturated carbocycles. The highest BCUT2D eigenvalue weighted by molar-refractivity contribution is 5.29. The van der Waals surface area contributed by atoms with E-state index >= 15 is 0 Å². The second-order valence-corrected chi connectivity index (χ2v) is 5.79. The molecule has 0 bridgehead atoms. The Kier molecular flexibility index (Phi) is 6.36. The van der Waals surface area contributed by atoms with Crippen LogP contribution in [0.2, 0.25) is 0 Å². The van der Waals surface area contributed by atoms with Crippen molar-refractivity contribution in [2.75, 3.05) is 0 Å². The second kappa shape index (κ2) is 7.54. The van der Waals surface area contributed by atoms with Gasteiger partial charge in [0.1, 0.15) is 5.75 Å². The number of ether oxygens (including phenoxy) is 2. The standard InChI is InChI=1S/C17H28O2/c1-7-14(6)15-8-10-16(11-9-15)19-17(12(2)3)18-13(4)5/h8-14,17H,7H2,1-6H3. The van der Waals surface area contributed by atoms with E-state index in [1.807, 2.05) is 26.0 Å². The smallest absolute Gasteiger partial charge is 0.202 e. The molecule has 0 spiro atoms. The van der Waals surface area contributed by atoms with E-state index in [2.05, 4.69) is 39.8 Å². The van der Waals surface area contributed by atoms with Crippen LogP contribution in [0.1, 0.15) is 59.4 Å². The molecule has 0 saturated heterocycles. The molecule has 2 atom stereocenters. The van der Waals surface area contributed by atoms with Crippen molar-refractivity contribution in [2.24, 2.45) is 5.92 Å². The third kappa shape index (κ3) is 5.23. The van der Waals surface area contributed by atoms with E-state index in [-0.39, 0.29) is 12.4 Å². The van der Waals surface area contributed by atoms with Crippen LogP contribution in [0.25, 0.3) is 0 Å². The maximum atomic E-state index is 5.93. The van der Waals surface area contributed by atoms with Gasteiger partial charge in [-0.2, -0.15) is 0 Å². The summed E-state index contributed by atoms with van der Waals surface area (Å²) in [5.74, 6) is 1.81. The van der Waals surface area contributed by atoms with Crippen molar-refractivity contribution in [1.82, 2.24) is 0 Å². The first-order chi connectivity index (χ1) is 8.93. The summed E-state index contributed by atoms with van der Waals surface area (Å²) in [5, 5.41) is 0. The van der Waals surface area contributed by atoms with Gasteiger partial charge >= 0.3 is 0 Å². The average molecular weight is 264 g/mol. The van der Waals surface area contributed by atoms with Gasteiger partial charge in [-0.05, 0) is 43.9 Å². The third-order valence-corrected chi connectivity index (χ3v) is 3.26. The molecule has 1 rings (SSSR count). The first-order valence-electron chi connectivity index (χ1n) is 7.36. The molecule has 108 valence electrons. The molecule has 0 aliphatic heterocycles. The topological polar surface area (TPSA) is 18.5 Å². The first-order valence-corrected chi connectivity index (χ1v) is 7.36. The van der Waals surface area contributed by atoms with Gasteiger partial charge < -0.3 is 9.47 Å². The van der Waals surface area contributed by atoms with Crippen LogP contribution in [0.15, 0.2) is 24.3 Å². The zero-order valence-electron chi connectivity index (χ0n) is 13.1. The first kappa shape index (κ1) is 16.0. The number of benzene rings is 1. The van der Waals surface area contributed by atoms with Crippen LogP contribution in [-0.2, 0) is 4.74 Å². The van der Waals surface area contributed by atoms with E-state index in [1.54, 1.807) is 0 Å². The highest BCUT2D eigenvalue weighted by Crippen LogP contribution is 2.23. The summed E-state index contributed by atoms with van der Waals surface area (Å²) >= 11 is 0. The van der Waals surface area contributed by atoms with Gasteiger partial charge in [-0.15, -0.1) is 0 Å². The maximum absolute atomic E-state index is 5.93. The molecule has 1 aromatic rings. The molecule has 0 heterocycles. The number of hydrogen-bond donors (Lipinski definition) is 0. The van der Waals surface area contributed by atoms with Gasteiger partial charge in [-0.3, -0.25) is 0 Å². The van der Waals surface area contributed by atoms with Crippen molar-refractivity contribution in [2.45, 2.75) is 66.3 Å². The molecule has 0 aliphatic rings. The Hall–Kier alpha value is -1.02.